The van der Waals surface area contributed by atoms with Crippen LogP contribution in [0.4, 0.5) is 13.2 Å². The Morgan fingerprint density at radius 1 is 1.00 bits per heavy atom. The minimum absolute atomic E-state index is 0.162. The fraction of sp³-hybridized carbons (Fsp3) is 0.259. The SMILES string of the molecule is CNC(=O)C(N[C@@H](CCc1ccc(C(F)(F)F)cc1)c1ccc2nc(C)sc2c1)c1ccccc1. The van der Waals surface area contributed by atoms with Gasteiger partial charge < -0.3 is 5.32 Å². The summed E-state index contributed by atoms with van der Waals surface area (Å²) in [5, 5.41) is 7.21. The maximum absolute atomic E-state index is 12.9. The van der Waals surface area contributed by atoms with Crippen LogP contribution in [0.1, 0.15) is 45.8 Å². The molecular weight excluding hydrogens is 471 g/mol. The molecule has 8 heteroatoms. The quantitative estimate of drug-likeness (QED) is 0.297. The molecule has 2 N–H and O–H groups in total. The number of nitrogens with one attached hydrogen (secondary N) is 2. The number of aromatic nitrogens is 1. The lowest BCUT2D eigenvalue weighted by Gasteiger charge is -2.26. The summed E-state index contributed by atoms with van der Waals surface area (Å²) < 4.78 is 39.9. The summed E-state index contributed by atoms with van der Waals surface area (Å²) in [7, 11) is 1.60. The van der Waals surface area contributed by atoms with Crippen LogP contribution in [-0.4, -0.2) is 17.9 Å². The summed E-state index contributed by atoms with van der Waals surface area (Å²) >= 11 is 1.60. The molecule has 1 heterocycles. The number of fused-ring (bicyclic) bond motifs is 1. The molecule has 0 aliphatic rings. The number of nitrogens with zero attached hydrogens (tertiary/aromatic N) is 1. The molecule has 35 heavy (non-hydrogen) atoms. The van der Waals surface area contributed by atoms with Crippen molar-refractivity contribution in [1.82, 2.24) is 15.6 Å². The first-order valence-electron chi connectivity index (χ1n) is 11.3. The Hall–Kier alpha value is -3.23. The summed E-state index contributed by atoms with van der Waals surface area (Å²) in [5.41, 5.74) is 2.89. The minimum atomic E-state index is -4.36. The van der Waals surface area contributed by atoms with E-state index in [1.807, 2.05) is 49.4 Å². The number of likely N-dealkylation sites (N-methyl/N-ethyl adjacent to an activating group) is 1. The van der Waals surface area contributed by atoms with Crippen LogP contribution in [0.5, 0.6) is 0 Å². The van der Waals surface area contributed by atoms with E-state index in [0.29, 0.717) is 12.8 Å². The number of benzene rings is 3. The maximum Gasteiger partial charge on any atom is 0.416 e. The monoisotopic (exact) mass is 497 g/mol. The lowest BCUT2D eigenvalue weighted by Crippen LogP contribution is -2.38. The maximum atomic E-state index is 12.9. The van der Waals surface area contributed by atoms with Crippen LogP contribution in [-0.2, 0) is 17.4 Å². The molecule has 0 aliphatic heterocycles. The summed E-state index contributed by atoms with van der Waals surface area (Å²) in [5.74, 6) is -0.162. The Kier molecular flexibility index (Phi) is 7.52. The molecule has 0 fully saturated rings. The van der Waals surface area contributed by atoms with Gasteiger partial charge in [0.1, 0.15) is 6.04 Å². The average molecular weight is 498 g/mol. The summed E-state index contributed by atoms with van der Waals surface area (Å²) in [4.78, 5) is 17.3. The van der Waals surface area contributed by atoms with Crippen molar-refractivity contribution in [3.8, 4) is 0 Å². The number of carbonyl (C=O) groups excluding carboxylic acids is 1. The third-order valence-corrected chi connectivity index (χ3v) is 6.87. The number of aryl methyl sites for hydroxylation is 2. The zero-order valence-corrected chi connectivity index (χ0v) is 20.2. The van der Waals surface area contributed by atoms with Crippen LogP contribution in [0.25, 0.3) is 10.2 Å². The van der Waals surface area contributed by atoms with E-state index >= 15 is 0 Å². The molecule has 1 aromatic heterocycles. The van der Waals surface area contributed by atoms with Crippen LogP contribution in [0, 0.1) is 6.92 Å². The van der Waals surface area contributed by atoms with E-state index in [4.69, 9.17) is 0 Å². The predicted molar refractivity (Wildman–Crippen MR) is 133 cm³/mol. The molecule has 2 atom stereocenters. The number of halogens is 3. The van der Waals surface area contributed by atoms with Gasteiger partial charge in [-0.1, -0.05) is 48.5 Å². The number of amides is 1. The van der Waals surface area contributed by atoms with Gasteiger partial charge in [0, 0.05) is 13.1 Å². The molecule has 0 radical (unpaired) electrons. The second-order valence-electron chi connectivity index (χ2n) is 8.37. The van der Waals surface area contributed by atoms with E-state index in [-0.39, 0.29) is 11.9 Å². The van der Waals surface area contributed by atoms with Crippen LogP contribution in [0.2, 0.25) is 0 Å². The van der Waals surface area contributed by atoms with Gasteiger partial charge in [0.2, 0.25) is 5.91 Å². The second kappa shape index (κ2) is 10.6. The van der Waals surface area contributed by atoms with Crippen molar-refractivity contribution < 1.29 is 18.0 Å². The molecule has 4 nitrogen and oxygen atoms in total. The van der Waals surface area contributed by atoms with Crippen molar-refractivity contribution in [1.29, 1.82) is 0 Å². The molecule has 0 saturated heterocycles. The van der Waals surface area contributed by atoms with Crippen LogP contribution in [0.3, 0.4) is 0 Å². The summed E-state index contributed by atoms with van der Waals surface area (Å²) in [6, 6.07) is 20.0. The minimum Gasteiger partial charge on any atom is -0.358 e. The second-order valence-corrected chi connectivity index (χ2v) is 9.61. The van der Waals surface area contributed by atoms with Crippen LogP contribution in [0.15, 0.2) is 72.8 Å². The molecule has 182 valence electrons. The number of carbonyl (C=O) groups is 1. The van der Waals surface area contributed by atoms with Gasteiger partial charge >= 0.3 is 6.18 Å². The van der Waals surface area contributed by atoms with Gasteiger partial charge in [0.25, 0.3) is 0 Å². The summed E-state index contributed by atoms with van der Waals surface area (Å²) in [6.45, 7) is 1.96. The third kappa shape index (κ3) is 6.07. The molecule has 1 amide bonds. The molecule has 0 aliphatic carbocycles. The number of rotatable bonds is 8. The van der Waals surface area contributed by atoms with Crippen molar-refractivity contribution in [3.05, 3.63) is 100 Å². The lowest BCUT2D eigenvalue weighted by atomic mass is 9.96. The van der Waals surface area contributed by atoms with E-state index in [2.05, 4.69) is 21.7 Å². The molecule has 0 saturated carbocycles. The molecular formula is C27H26F3N3OS. The number of alkyl halides is 3. The van der Waals surface area contributed by atoms with E-state index in [1.165, 1.54) is 12.1 Å². The van der Waals surface area contributed by atoms with Crippen molar-refractivity contribution in [2.75, 3.05) is 7.05 Å². The zero-order valence-electron chi connectivity index (χ0n) is 19.4. The lowest BCUT2D eigenvalue weighted by molar-refractivity contribution is -0.137. The van der Waals surface area contributed by atoms with Gasteiger partial charge in [0.05, 0.1) is 20.8 Å². The molecule has 4 aromatic rings. The van der Waals surface area contributed by atoms with Gasteiger partial charge in [-0.05, 0) is 60.7 Å². The fourth-order valence-corrected chi connectivity index (χ4v) is 4.98. The smallest absolute Gasteiger partial charge is 0.358 e. The van der Waals surface area contributed by atoms with Crippen molar-refractivity contribution >= 4 is 27.5 Å². The van der Waals surface area contributed by atoms with Crippen molar-refractivity contribution in [3.63, 3.8) is 0 Å². The highest BCUT2D eigenvalue weighted by Gasteiger charge is 2.30. The van der Waals surface area contributed by atoms with Crippen LogP contribution < -0.4 is 10.6 Å². The Labute approximate surface area is 206 Å². The van der Waals surface area contributed by atoms with Crippen molar-refractivity contribution in [2.24, 2.45) is 0 Å². The number of hydrogen-bond acceptors (Lipinski definition) is 4. The Balaban J connectivity index is 1.63. The first kappa shape index (κ1) is 24.9. The standard InChI is InChI=1S/C27H26F3N3OS/c1-17-32-23-15-11-20(16-24(23)35-17)22(14-10-18-8-12-21(13-9-18)27(28,29)30)33-25(26(34)31-2)19-6-4-3-5-7-19/h3-9,11-13,15-16,22,25,33H,10,14H2,1-2H3,(H,31,34)/t22-,25?/m0/s1. The molecule has 4 rings (SSSR count). The highest BCUT2D eigenvalue weighted by molar-refractivity contribution is 7.18. The normalized spacial score (nSPS) is 13.5. The molecule has 0 bridgehead atoms. The Morgan fingerprint density at radius 2 is 1.71 bits per heavy atom. The van der Waals surface area contributed by atoms with E-state index in [1.54, 1.807) is 18.4 Å². The first-order chi connectivity index (χ1) is 16.7. The van der Waals surface area contributed by atoms with Gasteiger partial charge in [0.15, 0.2) is 0 Å². The molecule has 1 unspecified atom stereocenters. The first-order valence-corrected chi connectivity index (χ1v) is 12.1. The van der Waals surface area contributed by atoms with Gasteiger partial charge in [-0.3, -0.25) is 10.1 Å². The third-order valence-electron chi connectivity index (χ3n) is 5.93. The van der Waals surface area contributed by atoms with Gasteiger partial charge in [-0.15, -0.1) is 11.3 Å². The van der Waals surface area contributed by atoms with Crippen molar-refractivity contribution in [2.45, 2.75) is 38.0 Å². The Morgan fingerprint density at radius 3 is 2.37 bits per heavy atom. The highest BCUT2D eigenvalue weighted by Crippen LogP contribution is 2.31. The van der Waals surface area contributed by atoms with E-state index in [0.717, 1.165) is 44.0 Å². The van der Waals surface area contributed by atoms with Gasteiger partial charge in [-0.2, -0.15) is 13.2 Å². The molecule has 0 spiro atoms. The predicted octanol–water partition coefficient (Wildman–Crippen LogP) is 6.37. The highest BCUT2D eigenvalue weighted by atomic mass is 32.1. The number of hydrogen-bond donors (Lipinski definition) is 2. The number of thiazole rings is 1. The van der Waals surface area contributed by atoms with Crippen LogP contribution >= 0.6 is 11.3 Å². The zero-order chi connectivity index (χ0) is 25.0. The average Bonchev–Trinajstić information content (AvgIpc) is 3.23. The van der Waals surface area contributed by atoms with E-state index < -0.39 is 17.8 Å². The largest absolute Gasteiger partial charge is 0.416 e. The Bertz CT molecular complexity index is 1290. The summed E-state index contributed by atoms with van der Waals surface area (Å²) in [6.07, 6.45) is -3.22. The van der Waals surface area contributed by atoms with E-state index in [9.17, 15) is 18.0 Å². The topological polar surface area (TPSA) is 54.0 Å². The fourth-order valence-electron chi connectivity index (χ4n) is 4.11. The van der Waals surface area contributed by atoms with Gasteiger partial charge in [-0.25, -0.2) is 4.98 Å². The molecule has 3 aromatic carbocycles.